The first-order chi connectivity index (χ1) is 13.3. The number of hydrogen-bond acceptors (Lipinski definition) is 5. The fraction of sp³-hybridized carbons (Fsp3) is 0.250. The van der Waals surface area contributed by atoms with E-state index < -0.39 is 15.9 Å². The van der Waals surface area contributed by atoms with Crippen LogP contribution in [0.4, 0.5) is 5.69 Å². The number of hydrogen-bond donors (Lipinski definition) is 0. The molecule has 0 fully saturated rings. The summed E-state index contributed by atoms with van der Waals surface area (Å²) in [5, 5.41) is 0. The van der Waals surface area contributed by atoms with E-state index in [1.54, 1.807) is 30.3 Å². The Kier molecular flexibility index (Phi) is 4.30. The number of ketones is 1. The average Bonchev–Trinajstić information content (AvgIpc) is 3.07. The summed E-state index contributed by atoms with van der Waals surface area (Å²) in [6.07, 6.45) is 1.56. The maximum Gasteiger partial charge on any atom is 0.273 e. The molecule has 0 saturated heterocycles. The lowest BCUT2D eigenvalue weighted by atomic mass is 10.2. The van der Waals surface area contributed by atoms with Crippen LogP contribution in [-0.4, -0.2) is 29.7 Å². The van der Waals surface area contributed by atoms with E-state index in [1.807, 2.05) is 11.5 Å². The molecule has 28 heavy (non-hydrogen) atoms. The molecule has 144 valence electrons. The van der Waals surface area contributed by atoms with Crippen molar-refractivity contribution in [2.75, 3.05) is 4.31 Å². The van der Waals surface area contributed by atoms with Crippen molar-refractivity contribution in [1.29, 1.82) is 0 Å². The molecule has 0 bridgehead atoms. The summed E-state index contributed by atoms with van der Waals surface area (Å²) < 4.78 is 28.4. The minimum absolute atomic E-state index is 0.00785. The van der Waals surface area contributed by atoms with Crippen molar-refractivity contribution in [2.45, 2.75) is 38.1 Å². The maximum atomic E-state index is 12.9. The Bertz CT molecular complexity index is 1230. The molecule has 0 N–H and O–H groups in total. The molecule has 2 heterocycles. The third-order valence-electron chi connectivity index (χ3n) is 4.72. The van der Waals surface area contributed by atoms with E-state index in [0.717, 1.165) is 22.1 Å². The van der Waals surface area contributed by atoms with Crippen LogP contribution in [0.5, 0.6) is 0 Å². The number of amides is 1. The lowest BCUT2D eigenvalue weighted by Crippen LogP contribution is -2.29. The van der Waals surface area contributed by atoms with E-state index in [1.165, 1.54) is 19.1 Å². The van der Waals surface area contributed by atoms with Gasteiger partial charge in [0.05, 0.1) is 28.8 Å². The zero-order valence-corrected chi connectivity index (χ0v) is 16.4. The van der Waals surface area contributed by atoms with Gasteiger partial charge in [-0.1, -0.05) is 19.1 Å². The Morgan fingerprint density at radius 2 is 1.89 bits per heavy atom. The Morgan fingerprint density at radius 3 is 2.57 bits per heavy atom. The van der Waals surface area contributed by atoms with Crippen LogP contribution in [0.15, 0.2) is 47.4 Å². The molecule has 1 aliphatic rings. The summed E-state index contributed by atoms with van der Waals surface area (Å²) in [7, 11) is -3.95. The molecule has 0 unspecified atom stereocenters. The molecule has 7 nitrogen and oxygen atoms in total. The predicted octanol–water partition coefficient (Wildman–Crippen LogP) is 2.93. The highest BCUT2D eigenvalue weighted by atomic mass is 32.2. The zero-order chi connectivity index (χ0) is 20.1. The number of nitrogens with zero attached hydrogens (tertiary/aromatic N) is 3. The van der Waals surface area contributed by atoms with Crippen LogP contribution in [0.1, 0.15) is 36.5 Å². The number of sulfonamides is 1. The number of aryl methyl sites for hydroxylation is 1. The molecule has 0 aliphatic carbocycles. The maximum absolute atomic E-state index is 12.9. The van der Waals surface area contributed by atoms with E-state index in [0.29, 0.717) is 11.9 Å². The Hall–Kier alpha value is -3.00. The number of Topliss-reactive ketones (excluding diaryl/α,β-unsaturated/α-hetero) is 1. The summed E-state index contributed by atoms with van der Waals surface area (Å²) >= 11 is 0. The van der Waals surface area contributed by atoms with Crippen molar-refractivity contribution in [3.63, 3.8) is 0 Å². The molecule has 0 saturated carbocycles. The van der Waals surface area contributed by atoms with Crippen LogP contribution < -0.4 is 4.31 Å². The number of anilines is 1. The third-order valence-corrected chi connectivity index (χ3v) is 6.49. The van der Waals surface area contributed by atoms with Gasteiger partial charge in [-0.2, -0.15) is 4.31 Å². The van der Waals surface area contributed by atoms with Gasteiger partial charge < -0.3 is 4.57 Å². The topological polar surface area (TPSA) is 89.3 Å². The van der Waals surface area contributed by atoms with Crippen molar-refractivity contribution >= 4 is 38.4 Å². The molecule has 1 amide bonds. The van der Waals surface area contributed by atoms with Crippen molar-refractivity contribution in [3.05, 3.63) is 53.9 Å². The Labute approximate surface area is 162 Å². The minimum Gasteiger partial charge on any atom is -0.320 e. The SMILES string of the molecule is CCCc1nc2cc(N3C(=O)c4ccccc4S3(=O)=O)ccc2n1CC(C)=O. The van der Waals surface area contributed by atoms with Crippen molar-refractivity contribution in [1.82, 2.24) is 9.55 Å². The van der Waals surface area contributed by atoms with Gasteiger partial charge >= 0.3 is 0 Å². The molecule has 0 radical (unpaired) electrons. The van der Waals surface area contributed by atoms with E-state index >= 15 is 0 Å². The van der Waals surface area contributed by atoms with Gasteiger partial charge in [0.2, 0.25) is 0 Å². The number of carbonyl (C=O) groups is 2. The van der Waals surface area contributed by atoms with E-state index in [-0.39, 0.29) is 28.5 Å². The van der Waals surface area contributed by atoms with Crippen LogP contribution in [0.25, 0.3) is 11.0 Å². The van der Waals surface area contributed by atoms with E-state index in [4.69, 9.17) is 0 Å². The minimum atomic E-state index is -3.95. The number of aromatic nitrogens is 2. The fourth-order valence-corrected chi connectivity index (χ4v) is 5.14. The summed E-state index contributed by atoms with van der Waals surface area (Å²) in [6.45, 7) is 3.75. The molecular formula is C20H19N3O4S. The normalized spacial score (nSPS) is 15.2. The van der Waals surface area contributed by atoms with Crippen LogP contribution in [0.3, 0.4) is 0 Å². The van der Waals surface area contributed by atoms with Gasteiger partial charge in [-0.15, -0.1) is 0 Å². The summed E-state index contributed by atoms with van der Waals surface area (Å²) in [5.74, 6) is 0.198. The van der Waals surface area contributed by atoms with Crippen LogP contribution in [-0.2, 0) is 27.8 Å². The summed E-state index contributed by atoms with van der Waals surface area (Å²) in [6, 6.07) is 11.1. The number of fused-ring (bicyclic) bond motifs is 2. The summed E-state index contributed by atoms with van der Waals surface area (Å²) in [4.78, 5) is 29.0. The molecule has 1 aromatic heterocycles. The molecule has 3 aromatic rings. The quantitative estimate of drug-likeness (QED) is 0.660. The van der Waals surface area contributed by atoms with Gasteiger partial charge in [-0.3, -0.25) is 9.59 Å². The fourth-order valence-electron chi connectivity index (χ4n) is 3.55. The van der Waals surface area contributed by atoms with Gasteiger partial charge in [0.1, 0.15) is 16.5 Å². The monoisotopic (exact) mass is 397 g/mol. The molecule has 8 heteroatoms. The second kappa shape index (κ2) is 6.56. The zero-order valence-electron chi connectivity index (χ0n) is 15.5. The van der Waals surface area contributed by atoms with Crippen molar-refractivity contribution < 1.29 is 18.0 Å². The first kappa shape index (κ1) is 18.4. The first-order valence-electron chi connectivity index (χ1n) is 9.02. The van der Waals surface area contributed by atoms with Gasteiger partial charge in [-0.25, -0.2) is 13.4 Å². The number of benzene rings is 2. The molecular weight excluding hydrogens is 378 g/mol. The molecule has 4 rings (SSSR count). The smallest absolute Gasteiger partial charge is 0.273 e. The highest BCUT2D eigenvalue weighted by molar-refractivity contribution is 7.94. The van der Waals surface area contributed by atoms with Crippen molar-refractivity contribution in [3.8, 4) is 0 Å². The third kappa shape index (κ3) is 2.72. The van der Waals surface area contributed by atoms with Gasteiger partial charge in [0, 0.05) is 6.42 Å². The Balaban J connectivity index is 1.85. The van der Waals surface area contributed by atoms with Gasteiger partial charge in [-0.05, 0) is 43.7 Å². The van der Waals surface area contributed by atoms with Crippen LogP contribution in [0.2, 0.25) is 0 Å². The number of imidazole rings is 1. The average molecular weight is 397 g/mol. The highest BCUT2D eigenvalue weighted by Crippen LogP contribution is 2.35. The second-order valence-corrected chi connectivity index (χ2v) is 8.57. The lowest BCUT2D eigenvalue weighted by Gasteiger charge is -2.15. The highest BCUT2D eigenvalue weighted by Gasteiger charge is 2.42. The van der Waals surface area contributed by atoms with E-state index in [9.17, 15) is 18.0 Å². The predicted molar refractivity (Wildman–Crippen MR) is 105 cm³/mol. The standard InChI is InChI=1S/C20H19N3O4S/c1-3-6-19-21-16-11-14(9-10-17(16)22(19)12-13(2)24)23-20(25)15-7-4-5-8-18(15)28(23,26)27/h4-5,7-11H,3,6,12H2,1-2H3. The lowest BCUT2D eigenvalue weighted by molar-refractivity contribution is -0.117. The van der Waals surface area contributed by atoms with Gasteiger partial charge in [0.25, 0.3) is 15.9 Å². The molecule has 2 aromatic carbocycles. The molecule has 0 atom stereocenters. The molecule has 1 aliphatic heterocycles. The van der Waals surface area contributed by atoms with Crippen LogP contribution >= 0.6 is 0 Å². The second-order valence-electron chi connectivity index (χ2n) is 6.81. The first-order valence-corrected chi connectivity index (χ1v) is 10.5. The number of rotatable bonds is 5. The Morgan fingerprint density at radius 1 is 1.14 bits per heavy atom. The molecule has 0 spiro atoms. The van der Waals surface area contributed by atoms with Crippen molar-refractivity contribution in [2.24, 2.45) is 0 Å². The van der Waals surface area contributed by atoms with Gasteiger partial charge in [0.15, 0.2) is 0 Å². The largest absolute Gasteiger partial charge is 0.320 e. The van der Waals surface area contributed by atoms with Crippen LogP contribution in [0, 0.1) is 0 Å². The number of carbonyl (C=O) groups excluding carboxylic acids is 2. The van der Waals surface area contributed by atoms with E-state index in [2.05, 4.69) is 4.98 Å². The summed E-state index contributed by atoms with van der Waals surface area (Å²) in [5.41, 5.74) is 1.70.